The largest absolute Gasteiger partial charge is 0.388 e. The van der Waals surface area contributed by atoms with Crippen molar-refractivity contribution in [2.75, 3.05) is 32.7 Å². The highest BCUT2D eigenvalue weighted by molar-refractivity contribution is 4.92. The lowest BCUT2D eigenvalue weighted by Crippen LogP contribution is -2.53. The van der Waals surface area contributed by atoms with E-state index < -0.39 is 5.60 Å². The molecule has 3 saturated heterocycles. The van der Waals surface area contributed by atoms with Crippen LogP contribution in [-0.2, 0) is 4.74 Å². The van der Waals surface area contributed by atoms with E-state index in [1.165, 1.54) is 12.8 Å². The van der Waals surface area contributed by atoms with Crippen molar-refractivity contribution < 1.29 is 9.84 Å². The number of morpholine rings is 1. The molecule has 16 heavy (non-hydrogen) atoms. The van der Waals surface area contributed by atoms with E-state index in [0.717, 1.165) is 45.6 Å². The third-order valence-electron chi connectivity index (χ3n) is 4.17. The van der Waals surface area contributed by atoms with Crippen LogP contribution in [-0.4, -0.2) is 60.5 Å². The van der Waals surface area contributed by atoms with Crippen LogP contribution in [0.1, 0.15) is 25.7 Å². The smallest absolute Gasteiger partial charge is 0.0798 e. The Bertz CT molecular complexity index is 241. The minimum atomic E-state index is -0.456. The first-order valence-corrected chi connectivity index (χ1v) is 6.54. The van der Waals surface area contributed by atoms with Crippen LogP contribution < -0.4 is 5.32 Å². The third kappa shape index (κ3) is 2.25. The Labute approximate surface area is 97.0 Å². The number of nitrogens with zero attached hydrogens (tertiary/aromatic N) is 1. The number of aliphatic hydroxyl groups is 1. The summed E-state index contributed by atoms with van der Waals surface area (Å²) in [5, 5.41) is 13.8. The number of fused-ring (bicyclic) bond motifs is 2. The van der Waals surface area contributed by atoms with E-state index in [1.54, 1.807) is 0 Å². The molecule has 0 aromatic carbocycles. The molecule has 0 aromatic rings. The molecule has 3 aliphatic heterocycles. The van der Waals surface area contributed by atoms with Gasteiger partial charge in [0.05, 0.1) is 17.8 Å². The molecule has 3 heterocycles. The van der Waals surface area contributed by atoms with Gasteiger partial charge in [-0.3, -0.25) is 4.90 Å². The summed E-state index contributed by atoms with van der Waals surface area (Å²) in [5.41, 5.74) is -0.456. The van der Waals surface area contributed by atoms with Crippen molar-refractivity contribution in [2.24, 2.45) is 0 Å². The number of hydrogen-bond acceptors (Lipinski definition) is 4. The van der Waals surface area contributed by atoms with E-state index >= 15 is 0 Å². The second-order valence-corrected chi connectivity index (χ2v) is 5.63. The Morgan fingerprint density at radius 3 is 2.44 bits per heavy atom. The molecular weight excluding hydrogens is 204 g/mol. The molecule has 92 valence electrons. The van der Waals surface area contributed by atoms with Gasteiger partial charge in [0, 0.05) is 19.6 Å². The molecule has 4 heteroatoms. The lowest BCUT2D eigenvalue weighted by atomic mass is 9.91. The van der Waals surface area contributed by atoms with Gasteiger partial charge in [-0.2, -0.15) is 0 Å². The highest BCUT2D eigenvalue weighted by Crippen LogP contribution is 2.28. The van der Waals surface area contributed by atoms with Crippen molar-refractivity contribution in [1.82, 2.24) is 10.2 Å². The van der Waals surface area contributed by atoms with Crippen LogP contribution in [0, 0.1) is 0 Å². The predicted octanol–water partition coefficient (Wildman–Crippen LogP) is -0.0359. The van der Waals surface area contributed by atoms with Crippen molar-refractivity contribution in [3.05, 3.63) is 0 Å². The molecular formula is C12H22N2O2. The lowest BCUT2D eigenvalue weighted by Gasteiger charge is -2.40. The molecule has 0 aliphatic carbocycles. The second-order valence-electron chi connectivity index (χ2n) is 5.63. The summed E-state index contributed by atoms with van der Waals surface area (Å²) in [7, 11) is 0. The summed E-state index contributed by atoms with van der Waals surface area (Å²) in [6.07, 6.45) is 5.06. The number of rotatable bonds is 2. The first-order chi connectivity index (χ1) is 7.73. The second kappa shape index (κ2) is 4.26. The van der Waals surface area contributed by atoms with Gasteiger partial charge in [-0.1, -0.05) is 0 Å². The fraction of sp³-hybridized carbons (Fsp3) is 1.00. The van der Waals surface area contributed by atoms with E-state index in [9.17, 15) is 5.11 Å². The van der Waals surface area contributed by atoms with Crippen molar-refractivity contribution in [3.63, 3.8) is 0 Å². The highest BCUT2D eigenvalue weighted by Gasteiger charge is 2.38. The molecule has 4 nitrogen and oxygen atoms in total. The minimum absolute atomic E-state index is 0.434. The molecule has 0 spiro atoms. The molecule has 2 N–H and O–H groups in total. The number of nitrogens with one attached hydrogen (secondary N) is 1. The zero-order valence-corrected chi connectivity index (χ0v) is 9.82. The Morgan fingerprint density at radius 1 is 1.19 bits per heavy atom. The lowest BCUT2D eigenvalue weighted by molar-refractivity contribution is -0.0789. The zero-order valence-electron chi connectivity index (χ0n) is 9.82. The zero-order chi connectivity index (χ0) is 11.0. The van der Waals surface area contributed by atoms with E-state index in [1.807, 2.05) is 0 Å². The van der Waals surface area contributed by atoms with Crippen LogP contribution in [0.3, 0.4) is 0 Å². The average Bonchev–Trinajstić information content (AvgIpc) is 2.58. The van der Waals surface area contributed by atoms with Gasteiger partial charge in [-0.05, 0) is 38.8 Å². The van der Waals surface area contributed by atoms with Crippen LogP contribution in [0.15, 0.2) is 0 Å². The SMILES string of the molecule is OC1(CN2CC3CCC(C2)O3)CCNCC1. The number of hydrogen-bond donors (Lipinski definition) is 2. The molecule has 0 amide bonds. The Kier molecular flexibility index (Phi) is 2.92. The van der Waals surface area contributed by atoms with Gasteiger partial charge in [-0.25, -0.2) is 0 Å². The van der Waals surface area contributed by atoms with Crippen molar-refractivity contribution in [1.29, 1.82) is 0 Å². The van der Waals surface area contributed by atoms with Gasteiger partial charge in [0.1, 0.15) is 0 Å². The topological polar surface area (TPSA) is 44.7 Å². The maximum atomic E-state index is 10.5. The van der Waals surface area contributed by atoms with E-state index in [0.29, 0.717) is 12.2 Å². The molecule has 3 fully saturated rings. The molecule has 2 atom stereocenters. The van der Waals surface area contributed by atoms with Gasteiger partial charge < -0.3 is 15.2 Å². The van der Waals surface area contributed by atoms with Gasteiger partial charge in [-0.15, -0.1) is 0 Å². The summed E-state index contributed by atoms with van der Waals surface area (Å²) in [6.45, 7) is 4.78. The maximum absolute atomic E-state index is 10.5. The minimum Gasteiger partial charge on any atom is -0.388 e. The first-order valence-electron chi connectivity index (χ1n) is 6.54. The van der Waals surface area contributed by atoms with Crippen molar-refractivity contribution in [2.45, 2.75) is 43.5 Å². The summed E-state index contributed by atoms with van der Waals surface area (Å²) in [4.78, 5) is 2.41. The fourth-order valence-electron chi connectivity index (χ4n) is 3.29. The molecule has 0 aromatic heterocycles. The predicted molar refractivity (Wildman–Crippen MR) is 61.4 cm³/mol. The van der Waals surface area contributed by atoms with Crippen LogP contribution in [0.25, 0.3) is 0 Å². The number of β-amino-alcohol motifs (C(OH)–C–C–N with tert-alkyl or cyclic N) is 1. The average molecular weight is 226 g/mol. The van der Waals surface area contributed by atoms with Crippen LogP contribution in [0.5, 0.6) is 0 Å². The number of piperidine rings is 1. The Morgan fingerprint density at radius 2 is 1.81 bits per heavy atom. The normalized spacial score (nSPS) is 38.8. The molecule has 2 bridgehead atoms. The van der Waals surface area contributed by atoms with Gasteiger partial charge >= 0.3 is 0 Å². The molecule has 2 unspecified atom stereocenters. The van der Waals surface area contributed by atoms with Crippen molar-refractivity contribution >= 4 is 0 Å². The van der Waals surface area contributed by atoms with E-state index in [2.05, 4.69) is 10.2 Å². The van der Waals surface area contributed by atoms with Crippen LogP contribution >= 0.6 is 0 Å². The van der Waals surface area contributed by atoms with Crippen LogP contribution in [0.2, 0.25) is 0 Å². The summed E-state index contributed by atoms with van der Waals surface area (Å²) in [5.74, 6) is 0. The Hall–Kier alpha value is -0.160. The monoisotopic (exact) mass is 226 g/mol. The van der Waals surface area contributed by atoms with E-state index in [4.69, 9.17) is 4.74 Å². The summed E-state index contributed by atoms with van der Waals surface area (Å²) < 4.78 is 5.81. The molecule has 0 saturated carbocycles. The van der Waals surface area contributed by atoms with Gasteiger partial charge in [0.15, 0.2) is 0 Å². The van der Waals surface area contributed by atoms with E-state index in [-0.39, 0.29) is 0 Å². The fourth-order valence-corrected chi connectivity index (χ4v) is 3.29. The molecule has 3 rings (SSSR count). The Balaban J connectivity index is 1.57. The summed E-state index contributed by atoms with van der Waals surface area (Å²) in [6, 6.07) is 0. The van der Waals surface area contributed by atoms with Crippen LogP contribution in [0.4, 0.5) is 0 Å². The number of likely N-dealkylation sites (tertiary alicyclic amines) is 1. The van der Waals surface area contributed by atoms with Gasteiger partial charge in [0.25, 0.3) is 0 Å². The quantitative estimate of drug-likeness (QED) is 0.694. The first kappa shape index (κ1) is 11.0. The molecule has 0 radical (unpaired) electrons. The standard InChI is InChI=1S/C12H22N2O2/c15-12(3-5-13-6-4-12)9-14-7-10-1-2-11(8-14)16-10/h10-11,13,15H,1-9H2. The van der Waals surface area contributed by atoms with Gasteiger partial charge in [0.2, 0.25) is 0 Å². The number of ether oxygens (including phenoxy) is 1. The highest BCUT2D eigenvalue weighted by atomic mass is 16.5. The summed E-state index contributed by atoms with van der Waals surface area (Å²) >= 11 is 0. The maximum Gasteiger partial charge on any atom is 0.0798 e. The third-order valence-corrected chi connectivity index (χ3v) is 4.17. The molecule has 3 aliphatic rings. The van der Waals surface area contributed by atoms with Crippen molar-refractivity contribution in [3.8, 4) is 0 Å².